The van der Waals surface area contributed by atoms with Crippen molar-refractivity contribution in [3.63, 3.8) is 0 Å². The summed E-state index contributed by atoms with van der Waals surface area (Å²) in [5.41, 5.74) is 2.71. The lowest BCUT2D eigenvalue weighted by molar-refractivity contribution is 0.393. The highest BCUT2D eigenvalue weighted by atomic mass is 35.5. The monoisotopic (exact) mass is 277 g/mol. The van der Waals surface area contributed by atoms with Crippen LogP contribution in [-0.2, 0) is 0 Å². The molecular formula is C14H16ClN3O. The van der Waals surface area contributed by atoms with Crippen LogP contribution in [0.1, 0.15) is 48.7 Å². The quantitative estimate of drug-likeness (QED) is 0.777. The third-order valence-corrected chi connectivity index (χ3v) is 3.94. The maximum Gasteiger partial charge on any atom is 0.166 e. The number of nitrogens with zero attached hydrogens (tertiary/aromatic N) is 3. The first-order chi connectivity index (χ1) is 9.15. The van der Waals surface area contributed by atoms with Crippen LogP contribution < -0.4 is 0 Å². The maximum absolute atomic E-state index is 6.15. The van der Waals surface area contributed by atoms with Crippen LogP contribution in [0, 0.1) is 13.8 Å². The van der Waals surface area contributed by atoms with E-state index in [0.29, 0.717) is 16.9 Å². The van der Waals surface area contributed by atoms with Gasteiger partial charge in [0.25, 0.3) is 0 Å². The van der Waals surface area contributed by atoms with Crippen molar-refractivity contribution < 1.29 is 4.52 Å². The SMILES string of the molecule is Cc1noc(C)c1-c1nc(Cl)cc(C2CCCC2)n1. The van der Waals surface area contributed by atoms with Gasteiger partial charge >= 0.3 is 0 Å². The van der Waals surface area contributed by atoms with E-state index < -0.39 is 0 Å². The zero-order chi connectivity index (χ0) is 13.4. The normalized spacial score (nSPS) is 16.2. The van der Waals surface area contributed by atoms with Crippen molar-refractivity contribution in [3.8, 4) is 11.4 Å². The standard InChI is InChI=1S/C14H16ClN3O/c1-8-13(9(2)19-18-8)14-16-11(7-12(15)17-14)10-5-3-4-6-10/h7,10H,3-6H2,1-2H3. The first-order valence-corrected chi connectivity index (χ1v) is 7.00. The molecule has 0 N–H and O–H groups in total. The van der Waals surface area contributed by atoms with E-state index in [-0.39, 0.29) is 0 Å². The molecule has 0 unspecified atom stereocenters. The molecule has 1 aliphatic carbocycles. The highest BCUT2D eigenvalue weighted by molar-refractivity contribution is 6.29. The number of hydrogen-bond donors (Lipinski definition) is 0. The molecule has 0 aliphatic heterocycles. The average Bonchev–Trinajstić information content (AvgIpc) is 2.99. The van der Waals surface area contributed by atoms with E-state index in [1.54, 1.807) is 0 Å². The molecule has 0 amide bonds. The number of hydrogen-bond acceptors (Lipinski definition) is 4. The Bertz CT molecular complexity index is 583. The summed E-state index contributed by atoms with van der Waals surface area (Å²) in [6.07, 6.45) is 4.92. The molecular weight excluding hydrogens is 262 g/mol. The van der Waals surface area contributed by atoms with Crippen molar-refractivity contribution in [3.05, 3.63) is 28.4 Å². The van der Waals surface area contributed by atoms with Gasteiger partial charge in [0, 0.05) is 11.6 Å². The third-order valence-electron chi connectivity index (χ3n) is 3.75. The first kappa shape index (κ1) is 12.6. The smallest absolute Gasteiger partial charge is 0.166 e. The highest BCUT2D eigenvalue weighted by Gasteiger charge is 2.22. The van der Waals surface area contributed by atoms with E-state index in [0.717, 1.165) is 22.7 Å². The van der Waals surface area contributed by atoms with Gasteiger partial charge in [-0.2, -0.15) is 0 Å². The molecule has 0 atom stereocenters. The molecule has 0 saturated heterocycles. The summed E-state index contributed by atoms with van der Waals surface area (Å²) in [4.78, 5) is 9.01. The van der Waals surface area contributed by atoms with Gasteiger partial charge < -0.3 is 4.52 Å². The zero-order valence-corrected chi connectivity index (χ0v) is 11.9. The topological polar surface area (TPSA) is 51.8 Å². The molecule has 0 spiro atoms. The van der Waals surface area contributed by atoms with E-state index in [2.05, 4.69) is 15.1 Å². The van der Waals surface area contributed by atoms with Crippen LogP contribution in [0.5, 0.6) is 0 Å². The van der Waals surface area contributed by atoms with Crippen molar-refractivity contribution in [2.75, 3.05) is 0 Å². The number of aromatic nitrogens is 3. The predicted octanol–water partition coefficient (Wildman–Crippen LogP) is 4.06. The van der Waals surface area contributed by atoms with E-state index in [1.807, 2.05) is 19.9 Å². The van der Waals surface area contributed by atoms with Gasteiger partial charge in [-0.25, -0.2) is 9.97 Å². The molecule has 2 heterocycles. The summed E-state index contributed by atoms with van der Waals surface area (Å²) in [7, 11) is 0. The van der Waals surface area contributed by atoms with Gasteiger partial charge in [0.05, 0.1) is 11.3 Å². The van der Waals surface area contributed by atoms with Crippen molar-refractivity contribution in [2.45, 2.75) is 45.4 Å². The minimum Gasteiger partial charge on any atom is -0.361 e. The van der Waals surface area contributed by atoms with Crippen molar-refractivity contribution in [2.24, 2.45) is 0 Å². The molecule has 0 radical (unpaired) electrons. The first-order valence-electron chi connectivity index (χ1n) is 6.63. The van der Waals surface area contributed by atoms with Crippen LogP contribution in [0.25, 0.3) is 11.4 Å². The summed E-state index contributed by atoms with van der Waals surface area (Å²) >= 11 is 6.15. The van der Waals surface area contributed by atoms with Crippen molar-refractivity contribution in [1.29, 1.82) is 0 Å². The lowest BCUT2D eigenvalue weighted by atomic mass is 10.0. The minimum absolute atomic E-state index is 0.493. The minimum atomic E-state index is 0.493. The molecule has 4 nitrogen and oxygen atoms in total. The van der Waals surface area contributed by atoms with Gasteiger partial charge in [0.15, 0.2) is 5.82 Å². The van der Waals surface area contributed by atoms with Gasteiger partial charge in [-0.15, -0.1) is 0 Å². The Hall–Kier alpha value is -1.42. The lowest BCUT2D eigenvalue weighted by Crippen LogP contribution is -2.01. The molecule has 0 bridgehead atoms. The average molecular weight is 278 g/mol. The Morgan fingerprint density at radius 2 is 1.95 bits per heavy atom. The summed E-state index contributed by atoms with van der Waals surface area (Å²) in [6.45, 7) is 3.76. The van der Waals surface area contributed by atoms with Crippen LogP contribution in [0.4, 0.5) is 0 Å². The van der Waals surface area contributed by atoms with Crippen molar-refractivity contribution >= 4 is 11.6 Å². The van der Waals surface area contributed by atoms with Crippen LogP contribution in [0.3, 0.4) is 0 Å². The summed E-state index contributed by atoms with van der Waals surface area (Å²) in [5, 5.41) is 4.44. The van der Waals surface area contributed by atoms with E-state index in [4.69, 9.17) is 16.1 Å². The third kappa shape index (κ3) is 2.37. The van der Waals surface area contributed by atoms with E-state index >= 15 is 0 Å². The highest BCUT2D eigenvalue weighted by Crippen LogP contribution is 2.35. The van der Waals surface area contributed by atoms with Gasteiger partial charge in [0.1, 0.15) is 10.9 Å². The van der Waals surface area contributed by atoms with Gasteiger partial charge in [0.2, 0.25) is 0 Å². The van der Waals surface area contributed by atoms with Gasteiger partial charge in [-0.3, -0.25) is 0 Å². The second kappa shape index (κ2) is 4.93. The molecule has 5 heteroatoms. The second-order valence-corrected chi connectivity index (χ2v) is 5.51. The fourth-order valence-corrected chi connectivity index (χ4v) is 2.97. The fraction of sp³-hybridized carbons (Fsp3) is 0.500. The Balaban J connectivity index is 2.07. The molecule has 1 saturated carbocycles. The molecule has 0 aromatic carbocycles. The molecule has 1 fully saturated rings. The van der Waals surface area contributed by atoms with Crippen LogP contribution in [0.2, 0.25) is 5.15 Å². The molecule has 19 heavy (non-hydrogen) atoms. The maximum atomic E-state index is 6.15. The number of aryl methyl sites for hydroxylation is 2. The summed E-state index contributed by atoms with van der Waals surface area (Å²) < 4.78 is 5.18. The lowest BCUT2D eigenvalue weighted by Gasteiger charge is -2.10. The van der Waals surface area contributed by atoms with Crippen LogP contribution >= 0.6 is 11.6 Å². The second-order valence-electron chi connectivity index (χ2n) is 5.12. The predicted molar refractivity (Wildman–Crippen MR) is 73.2 cm³/mol. The summed E-state index contributed by atoms with van der Waals surface area (Å²) in [6, 6.07) is 1.89. The fourth-order valence-electron chi connectivity index (χ4n) is 2.78. The Kier molecular flexibility index (Phi) is 3.27. The molecule has 2 aromatic heterocycles. The van der Waals surface area contributed by atoms with Crippen molar-refractivity contribution in [1.82, 2.24) is 15.1 Å². The molecule has 1 aliphatic rings. The van der Waals surface area contributed by atoms with E-state index in [1.165, 1.54) is 25.7 Å². The zero-order valence-electron chi connectivity index (χ0n) is 11.1. The van der Waals surface area contributed by atoms with Crippen LogP contribution in [-0.4, -0.2) is 15.1 Å². The molecule has 2 aromatic rings. The Morgan fingerprint density at radius 3 is 2.58 bits per heavy atom. The Labute approximate surface area is 117 Å². The Morgan fingerprint density at radius 1 is 1.21 bits per heavy atom. The molecule has 100 valence electrons. The number of halogens is 1. The summed E-state index contributed by atoms with van der Waals surface area (Å²) in [5.74, 6) is 1.88. The number of rotatable bonds is 2. The van der Waals surface area contributed by atoms with E-state index in [9.17, 15) is 0 Å². The van der Waals surface area contributed by atoms with Gasteiger partial charge in [-0.1, -0.05) is 29.6 Å². The largest absolute Gasteiger partial charge is 0.361 e. The van der Waals surface area contributed by atoms with Crippen LogP contribution in [0.15, 0.2) is 10.6 Å². The van der Waals surface area contributed by atoms with Gasteiger partial charge in [-0.05, 0) is 32.8 Å². The molecule has 3 rings (SSSR count).